The molecule has 2 aromatic heterocycles. The highest BCUT2D eigenvalue weighted by Crippen LogP contribution is 2.42. The van der Waals surface area contributed by atoms with Crippen molar-refractivity contribution in [2.45, 2.75) is 63.5 Å². The number of guanidine groups is 1. The van der Waals surface area contributed by atoms with E-state index >= 15 is 0 Å². The van der Waals surface area contributed by atoms with Crippen LogP contribution in [0.25, 0.3) is 5.65 Å². The van der Waals surface area contributed by atoms with Gasteiger partial charge in [0.05, 0.1) is 17.3 Å². The number of aryl methyl sites for hydroxylation is 1. The van der Waals surface area contributed by atoms with Crippen molar-refractivity contribution in [2.24, 2.45) is 11.7 Å². The monoisotopic (exact) mass is 444 g/mol. The molecule has 10 heteroatoms. The van der Waals surface area contributed by atoms with Crippen LogP contribution < -0.4 is 5.73 Å². The van der Waals surface area contributed by atoms with E-state index in [0.717, 1.165) is 42.1 Å². The van der Waals surface area contributed by atoms with Crippen molar-refractivity contribution in [3.8, 4) is 0 Å². The molecule has 2 aromatic rings. The average molecular weight is 445 g/mol. The van der Waals surface area contributed by atoms with Gasteiger partial charge in [-0.1, -0.05) is 0 Å². The van der Waals surface area contributed by atoms with Crippen LogP contribution in [0.3, 0.4) is 0 Å². The number of rotatable bonds is 2. The normalized spacial score (nSPS) is 25.2. The lowest BCUT2D eigenvalue weighted by Gasteiger charge is -2.33. The third kappa shape index (κ3) is 4.50. The maximum atomic E-state index is 13.0. The van der Waals surface area contributed by atoms with Crippen LogP contribution in [0.15, 0.2) is 12.1 Å². The number of nitrogens with one attached hydrogen (secondary N) is 1. The van der Waals surface area contributed by atoms with E-state index in [1.54, 1.807) is 0 Å². The quantitative estimate of drug-likeness (QED) is 0.532. The first-order valence-corrected chi connectivity index (χ1v) is 10.2. The summed E-state index contributed by atoms with van der Waals surface area (Å²) in [6.45, 7) is 3.39. The zero-order valence-electron chi connectivity index (χ0n) is 17.0. The summed E-state index contributed by atoms with van der Waals surface area (Å²) in [5.74, 6) is -0.875. The lowest BCUT2D eigenvalue weighted by Crippen LogP contribution is -2.43. The van der Waals surface area contributed by atoms with Crippen molar-refractivity contribution in [3.63, 3.8) is 0 Å². The molecule has 2 aliphatic rings. The predicted molar refractivity (Wildman–Crippen MR) is 111 cm³/mol. The molecule has 3 N–H and O–H groups in total. The summed E-state index contributed by atoms with van der Waals surface area (Å²) in [4.78, 5) is 6.47. The summed E-state index contributed by atoms with van der Waals surface area (Å²) in [6.07, 6.45) is -0.834. The first-order valence-electron chi connectivity index (χ1n) is 10.2. The molecule has 1 saturated heterocycles. The Morgan fingerprint density at radius 2 is 1.83 bits per heavy atom. The number of likely N-dealkylation sites (tertiary alicyclic amines) is 1. The second-order valence-electron chi connectivity index (χ2n) is 8.42. The summed E-state index contributed by atoms with van der Waals surface area (Å²) in [5, 5.41) is 12.5. The molecule has 3 heterocycles. The average Bonchev–Trinajstić information content (AvgIpc) is 3.10. The third-order valence-electron chi connectivity index (χ3n) is 6.39. The van der Waals surface area contributed by atoms with Crippen LogP contribution in [0.5, 0.6) is 0 Å². The molecule has 1 aliphatic heterocycles. The Balaban J connectivity index is 0.00000256. The topological polar surface area (TPSA) is 83.3 Å². The minimum atomic E-state index is -4.10. The van der Waals surface area contributed by atoms with Crippen molar-refractivity contribution in [1.29, 1.82) is 5.41 Å². The van der Waals surface area contributed by atoms with Crippen LogP contribution in [-0.2, 0) is 0 Å². The van der Waals surface area contributed by atoms with Gasteiger partial charge in [0, 0.05) is 36.7 Å². The number of hydrogen-bond donors (Lipinski definition) is 2. The van der Waals surface area contributed by atoms with Gasteiger partial charge in [-0.3, -0.25) is 5.41 Å². The molecule has 0 spiro atoms. The molecule has 6 nitrogen and oxygen atoms in total. The van der Waals surface area contributed by atoms with Crippen LogP contribution in [0.4, 0.5) is 13.2 Å². The van der Waals surface area contributed by atoms with Gasteiger partial charge in [-0.05, 0) is 51.5 Å². The Morgan fingerprint density at radius 1 is 1.13 bits per heavy atom. The van der Waals surface area contributed by atoms with Gasteiger partial charge < -0.3 is 10.6 Å². The molecule has 0 radical (unpaired) electrons. The smallest absolute Gasteiger partial charge is 0.370 e. The Hall–Kier alpha value is -2.03. The van der Waals surface area contributed by atoms with Crippen molar-refractivity contribution in [2.75, 3.05) is 13.1 Å². The fourth-order valence-corrected chi connectivity index (χ4v) is 4.79. The highest BCUT2D eigenvalue weighted by atomic mass is 35.5. The number of halogens is 4. The Kier molecular flexibility index (Phi) is 6.50. The van der Waals surface area contributed by atoms with Crippen LogP contribution in [-0.4, -0.2) is 44.7 Å². The molecule has 4 rings (SSSR count). The van der Waals surface area contributed by atoms with Gasteiger partial charge in [-0.2, -0.15) is 18.3 Å². The van der Waals surface area contributed by atoms with E-state index in [9.17, 15) is 13.2 Å². The molecule has 30 heavy (non-hydrogen) atoms. The summed E-state index contributed by atoms with van der Waals surface area (Å²) in [7, 11) is 0. The lowest BCUT2D eigenvalue weighted by molar-refractivity contribution is -0.182. The Labute approximate surface area is 179 Å². The van der Waals surface area contributed by atoms with Gasteiger partial charge in [0.2, 0.25) is 0 Å². The minimum absolute atomic E-state index is 0. The minimum Gasteiger partial charge on any atom is -0.370 e. The Bertz CT molecular complexity index is 904. The van der Waals surface area contributed by atoms with E-state index in [1.165, 1.54) is 0 Å². The van der Waals surface area contributed by atoms with Crippen LogP contribution in [0, 0.1) is 18.3 Å². The fraction of sp³-hybridized carbons (Fsp3) is 0.650. The molecule has 0 bridgehead atoms. The fourth-order valence-electron chi connectivity index (χ4n) is 4.79. The first-order chi connectivity index (χ1) is 13.7. The van der Waals surface area contributed by atoms with Crippen LogP contribution >= 0.6 is 12.4 Å². The van der Waals surface area contributed by atoms with Crippen molar-refractivity contribution in [1.82, 2.24) is 19.5 Å². The maximum Gasteiger partial charge on any atom is 0.391 e. The van der Waals surface area contributed by atoms with Gasteiger partial charge in [0.25, 0.3) is 0 Å². The second-order valence-corrected chi connectivity index (χ2v) is 8.42. The van der Waals surface area contributed by atoms with E-state index in [1.807, 2.05) is 28.5 Å². The zero-order chi connectivity index (χ0) is 20.8. The Morgan fingerprint density at radius 3 is 2.47 bits per heavy atom. The van der Waals surface area contributed by atoms with E-state index in [-0.39, 0.29) is 43.0 Å². The molecule has 1 aliphatic carbocycles. The largest absolute Gasteiger partial charge is 0.391 e. The predicted octanol–water partition coefficient (Wildman–Crippen LogP) is 4.37. The molecule has 0 unspecified atom stereocenters. The van der Waals surface area contributed by atoms with Gasteiger partial charge in [0.15, 0.2) is 11.6 Å². The summed E-state index contributed by atoms with van der Waals surface area (Å²) in [5.41, 5.74) is 9.19. The number of nitrogens with two attached hydrogens (primary N) is 1. The number of alkyl halides is 3. The van der Waals surface area contributed by atoms with E-state index in [4.69, 9.17) is 16.2 Å². The third-order valence-corrected chi connectivity index (χ3v) is 6.39. The second kappa shape index (κ2) is 8.61. The van der Waals surface area contributed by atoms with E-state index < -0.39 is 12.1 Å². The van der Waals surface area contributed by atoms with Gasteiger partial charge in [0.1, 0.15) is 0 Å². The molecular weight excluding hydrogens is 417 g/mol. The lowest BCUT2D eigenvalue weighted by atomic mass is 9.80. The number of piperidine rings is 1. The van der Waals surface area contributed by atoms with Gasteiger partial charge >= 0.3 is 6.18 Å². The number of fused-ring (bicyclic) bond motifs is 1. The summed E-state index contributed by atoms with van der Waals surface area (Å²) >= 11 is 0. The zero-order valence-corrected chi connectivity index (χ0v) is 17.8. The van der Waals surface area contributed by atoms with Crippen LogP contribution in [0.2, 0.25) is 0 Å². The van der Waals surface area contributed by atoms with Crippen LogP contribution in [0.1, 0.15) is 67.4 Å². The SMILES string of the molecule is Cc1cc([C@@H]2CCCN(C(=N)N)C2)n2nc([C@H]3CC[C@H](C(F)(F)F)CC3)cc2n1.Cl. The summed E-state index contributed by atoms with van der Waals surface area (Å²) in [6, 6.07) is 3.96. The number of aromatic nitrogens is 3. The molecule has 1 saturated carbocycles. The van der Waals surface area contributed by atoms with Crippen molar-refractivity contribution < 1.29 is 13.2 Å². The van der Waals surface area contributed by atoms with E-state index in [2.05, 4.69) is 4.98 Å². The molecule has 0 aromatic carbocycles. The van der Waals surface area contributed by atoms with Crippen molar-refractivity contribution >= 4 is 24.0 Å². The first kappa shape index (κ1) is 22.7. The van der Waals surface area contributed by atoms with Gasteiger partial charge in [-0.25, -0.2) is 9.50 Å². The highest BCUT2D eigenvalue weighted by Gasteiger charge is 2.42. The number of hydrogen-bond acceptors (Lipinski definition) is 3. The molecule has 166 valence electrons. The number of nitrogens with zero attached hydrogens (tertiary/aromatic N) is 4. The molecule has 0 amide bonds. The highest BCUT2D eigenvalue weighted by molar-refractivity contribution is 5.85. The van der Waals surface area contributed by atoms with Gasteiger partial charge in [-0.15, -0.1) is 12.4 Å². The maximum absolute atomic E-state index is 13.0. The van der Waals surface area contributed by atoms with Crippen molar-refractivity contribution in [3.05, 3.63) is 29.2 Å². The summed E-state index contributed by atoms with van der Waals surface area (Å²) < 4.78 is 40.8. The molecular formula is C20H28ClF3N6. The standard InChI is InChI=1S/C20H27F3N6.ClH/c1-12-9-17(14-3-2-8-28(11-14)19(24)25)29-18(26-12)10-16(27-29)13-4-6-15(7-5-13)20(21,22)23;/h9-10,13-15H,2-8,11H2,1H3,(H3,24,25);1H/t13-,14-,15-;/m1./s1. The molecule has 2 fully saturated rings. The van der Waals surface area contributed by atoms with E-state index in [0.29, 0.717) is 19.4 Å². The molecule has 1 atom stereocenters.